The summed E-state index contributed by atoms with van der Waals surface area (Å²) in [6.45, 7) is 4.80. The smallest absolute Gasteiger partial charge is 0.134 e. The van der Waals surface area contributed by atoms with E-state index in [1.807, 2.05) is 0 Å². The monoisotopic (exact) mass is 142 g/mol. The molecule has 1 atom stereocenters. The van der Waals surface area contributed by atoms with Crippen LogP contribution in [-0.2, 0) is 4.79 Å². The lowest BCUT2D eigenvalue weighted by Crippen LogP contribution is -2.34. The highest BCUT2D eigenvalue weighted by molar-refractivity contribution is 5.52. The maximum Gasteiger partial charge on any atom is 0.134 e. The first kappa shape index (κ1) is 7.69. The predicted molar refractivity (Wildman–Crippen MR) is 39.7 cm³/mol. The van der Waals surface area contributed by atoms with Crippen molar-refractivity contribution in [3.05, 3.63) is 0 Å². The first-order valence-corrected chi connectivity index (χ1v) is 3.63. The highest BCUT2D eigenvalue weighted by atomic mass is 16.1. The van der Waals surface area contributed by atoms with Crippen molar-refractivity contribution in [3.8, 4) is 0 Å². The Balaban J connectivity index is 2.40. The predicted octanol–water partition coefficient (Wildman–Crippen LogP) is -0.221. The molecule has 0 amide bonds. The van der Waals surface area contributed by atoms with Gasteiger partial charge in [-0.3, -0.25) is 9.80 Å². The van der Waals surface area contributed by atoms with Gasteiger partial charge in [-0.15, -0.1) is 0 Å². The van der Waals surface area contributed by atoms with E-state index in [0.29, 0.717) is 12.7 Å². The van der Waals surface area contributed by atoms with Gasteiger partial charge in [0.05, 0.1) is 12.7 Å². The molecule has 0 aromatic heterocycles. The highest BCUT2D eigenvalue weighted by Crippen LogP contribution is 2.09. The molecular formula is C7H14N2O. The average molecular weight is 142 g/mol. The van der Waals surface area contributed by atoms with Crippen LogP contribution in [0.25, 0.3) is 0 Å². The number of rotatable bonds is 2. The van der Waals surface area contributed by atoms with Gasteiger partial charge in [0, 0.05) is 13.1 Å². The SMILES string of the molecule is CC1N(C)CCN1CC=O. The Bertz CT molecular complexity index is 127. The molecular weight excluding hydrogens is 128 g/mol. The highest BCUT2D eigenvalue weighted by Gasteiger charge is 2.23. The lowest BCUT2D eigenvalue weighted by molar-refractivity contribution is -0.109. The zero-order valence-corrected chi connectivity index (χ0v) is 6.58. The van der Waals surface area contributed by atoms with Crippen LogP contribution in [0.15, 0.2) is 0 Å². The number of carbonyl (C=O) groups excluding carboxylic acids is 1. The van der Waals surface area contributed by atoms with Crippen molar-refractivity contribution in [1.29, 1.82) is 0 Å². The van der Waals surface area contributed by atoms with Gasteiger partial charge in [0.2, 0.25) is 0 Å². The second-order valence-electron chi connectivity index (χ2n) is 2.77. The van der Waals surface area contributed by atoms with Crippen LogP contribution >= 0.6 is 0 Å². The maximum absolute atomic E-state index is 10.2. The van der Waals surface area contributed by atoms with Crippen molar-refractivity contribution < 1.29 is 4.79 Å². The second kappa shape index (κ2) is 3.12. The van der Waals surface area contributed by atoms with Gasteiger partial charge >= 0.3 is 0 Å². The molecule has 3 heteroatoms. The van der Waals surface area contributed by atoms with E-state index in [1.165, 1.54) is 0 Å². The number of hydrogen-bond acceptors (Lipinski definition) is 3. The van der Waals surface area contributed by atoms with Crippen molar-refractivity contribution in [1.82, 2.24) is 9.80 Å². The summed E-state index contributed by atoms with van der Waals surface area (Å²) in [4.78, 5) is 14.6. The summed E-state index contributed by atoms with van der Waals surface area (Å²) in [5.74, 6) is 0. The van der Waals surface area contributed by atoms with Gasteiger partial charge in [-0.1, -0.05) is 0 Å². The minimum atomic E-state index is 0.435. The molecule has 1 heterocycles. The molecule has 0 N–H and O–H groups in total. The van der Waals surface area contributed by atoms with Crippen molar-refractivity contribution in [3.63, 3.8) is 0 Å². The molecule has 1 aliphatic rings. The van der Waals surface area contributed by atoms with Gasteiger partial charge < -0.3 is 4.79 Å². The molecule has 0 bridgehead atoms. The maximum atomic E-state index is 10.2. The number of nitrogens with zero attached hydrogens (tertiary/aromatic N) is 2. The van der Waals surface area contributed by atoms with E-state index in [9.17, 15) is 4.79 Å². The van der Waals surface area contributed by atoms with E-state index in [0.717, 1.165) is 19.4 Å². The fourth-order valence-corrected chi connectivity index (χ4v) is 1.28. The van der Waals surface area contributed by atoms with Crippen LogP contribution in [0.2, 0.25) is 0 Å². The molecule has 10 heavy (non-hydrogen) atoms. The molecule has 0 spiro atoms. The molecule has 3 nitrogen and oxygen atoms in total. The van der Waals surface area contributed by atoms with E-state index >= 15 is 0 Å². The summed E-state index contributed by atoms with van der Waals surface area (Å²) in [5.41, 5.74) is 0. The minimum Gasteiger partial charge on any atom is -0.302 e. The van der Waals surface area contributed by atoms with Gasteiger partial charge in [-0.05, 0) is 14.0 Å². The molecule has 1 unspecified atom stereocenters. The lowest BCUT2D eigenvalue weighted by atomic mass is 10.5. The minimum absolute atomic E-state index is 0.435. The van der Waals surface area contributed by atoms with E-state index < -0.39 is 0 Å². The first-order valence-electron chi connectivity index (χ1n) is 3.63. The second-order valence-corrected chi connectivity index (χ2v) is 2.77. The Morgan fingerprint density at radius 2 is 2.30 bits per heavy atom. The number of aldehydes is 1. The van der Waals surface area contributed by atoms with Crippen LogP contribution in [0.1, 0.15) is 6.92 Å². The standard InChI is InChI=1S/C7H14N2O/c1-7-8(2)3-4-9(7)5-6-10/h6-7H,3-5H2,1-2H3. The molecule has 0 aromatic carbocycles. The Morgan fingerprint density at radius 3 is 2.70 bits per heavy atom. The summed E-state index contributed by atoms with van der Waals surface area (Å²) < 4.78 is 0. The summed E-state index contributed by atoms with van der Waals surface area (Å²) >= 11 is 0. The number of hydrogen-bond donors (Lipinski definition) is 0. The third-order valence-corrected chi connectivity index (χ3v) is 2.22. The molecule has 1 aliphatic heterocycles. The molecule has 0 saturated carbocycles. The zero-order valence-electron chi connectivity index (χ0n) is 6.58. The lowest BCUT2D eigenvalue weighted by Gasteiger charge is -2.21. The third kappa shape index (κ3) is 1.36. The van der Waals surface area contributed by atoms with Gasteiger partial charge in [0.25, 0.3) is 0 Å². The number of likely N-dealkylation sites (N-methyl/N-ethyl adjacent to an activating group) is 1. The van der Waals surface area contributed by atoms with E-state index in [1.54, 1.807) is 0 Å². The third-order valence-electron chi connectivity index (χ3n) is 2.22. The first-order chi connectivity index (χ1) is 4.75. The van der Waals surface area contributed by atoms with Crippen LogP contribution in [0, 0.1) is 0 Å². The van der Waals surface area contributed by atoms with Crippen LogP contribution in [0.4, 0.5) is 0 Å². The summed E-state index contributed by atoms with van der Waals surface area (Å²) in [6.07, 6.45) is 1.40. The van der Waals surface area contributed by atoms with Crippen molar-refractivity contribution in [2.75, 3.05) is 26.7 Å². The van der Waals surface area contributed by atoms with Crippen LogP contribution < -0.4 is 0 Å². The van der Waals surface area contributed by atoms with Gasteiger partial charge in [-0.2, -0.15) is 0 Å². The normalized spacial score (nSPS) is 29.2. The molecule has 0 radical (unpaired) electrons. The van der Waals surface area contributed by atoms with Gasteiger partial charge in [0.1, 0.15) is 6.29 Å². The Kier molecular flexibility index (Phi) is 2.40. The van der Waals surface area contributed by atoms with E-state index in [2.05, 4.69) is 23.8 Å². The van der Waals surface area contributed by atoms with Crippen LogP contribution in [-0.4, -0.2) is 48.9 Å². The molecule has 58 valence electrons. The molecule has 0 aliphatic carbocycles. The van der Waals surface area contributed by atoms with Crippen molar-refractivity contribution in [2.45, 2.75) is 13.1 Å². The summed E-state index contributed by atoms with van der Waals surface area (Å²) in [5, 5.41) is 0. The summed E-state index contributed by atoms with van der Waals surface area (Å²) in [6, 6.07) is 0. The van der Waals surface area contributed by atoms with Crippen LogP contribution in [0.3, 0.4) is 0 Å². The average Bonchev–Trinajstić information content (AvgIpc) is 2.20. The van der Waals surface area contributed by atoms with Crippen molar-refractivity contribution >= 4 is 6.29 Å². The quantitative estimate of drug-likeness (QED) is 0.498. The van der Waals surface area contributed by atoms with E-state index in [4.69, 9.17) is 0 Å². The van der Waals surface area contributed by atoms with Crippen molar-refractivity contribution in [2.24, 2.45) is 0 Å². The Morgan fingerprint density at radius 1 is 1.60 bits per heavy atom. The topological polar surface area (TPSA) is 23.6 Å². The molecule has 0 aromatic rings. The Labute approximate surface area is 61.6 Å². The van der Waals surface area contributed by atoms with Crippen LogP contribution in [0.5, 0.6) is 0 Å². The van der Waals surface area contributed by atoms with E-state index in [-0.39, 0.29) is 0 Å². The Hall–Kier alpha value is -0.410. The number of carbonyl (C=O) groups is 1. The summed E-state index contributed by atoms with van der Waals surface area (Å²) in [7, 11) is 2.08. The van der Waals surface area contributed by atoms with Gasteiger partial charge in [0.15, 0.2) is 0 Å². The van der Waals surface area contributed by atoms with Gasteiger partial charge in [-0.25, -0.2) is 0 Å². The molecule has 1 saturated heterocycles. The fourth-order valence-electron chi connectivity index (χ4n) is 1.28. The fraction of sp³-hybridized carbons (Fsp3) is 0.857. The largest absolute Gasteiger partial charge is 0.302 e. The molecule has 1 fully saturated rings. The zero-order chi connectivity index (χ0) is 7.56. The molecule has 1 rings (SSSR count).